The predicted octanol–water partition coefficient (Wildman–Crippen LogP) is 1.50. The summed E-state index contributed by atoms with van der Waals surface area (Å²) >= 11 is 0. The Morgan fingerprint density at radius 2 is 2.09 bits per heavy atom. The van der Waals surface area contributed by atoms with Gasteiger partial charge < -0.3 is 9.47 Å². The van der Waals surface area contributed by atoms with E-state index in [4.69, 9.17) is 9.47 Å². The maximum absolute atomic E-state index is 12.1. The Balaban J connectivity index is 2.38. The molecule has 8 nitrogen and oxygen atoms in total. The Morgan fingerprint density at radius 1 is 1.32 bits per heavy atom. The van der Waals surface area contributed by atoms with Gasteiger partial charge in [-0.25, -0.2) is 19.0 Å². The number of nitrogens with zero attached hydrogens (tertiary/aromatic N) is 5. The molecule has 0 spiro atoms. The molecule has 3 rings (SSSR count). The van der Waals surface area contributed by atoms with Gasteiger partial charge in [0.25, 0.3) is 0 Å². The zero-order valence-corrected chi connectivity index (χ0v) is 13.0. The number of fused-ring (bicyclic) bond motifs is 3. The molecule has 3 heterocycles. The molecule has 0 aliphatic carbocycles. The third kappa shape index (κ3) is 1.99. The van der Waals surface area contributed by atoms with E-state index >= 15 is 0 Å². The van der Waals surface area contributed by atoms with Crippen LogP contribution >= 0.6 is 0 Å². The molecule has 116 valence electrons. The molecule has 0 aliphatic rings. The number of esters is 1. The lowest BCUT2D eigenvalue weighted by Gasteiger charge is -2.07. The van der Waals surface area contributed by atoms with Crippen LogP contribution < -0.4 is 4.74 Å². The number of carbonyl (C=O) groups excluding carboxylic acids is 1. The van der Waals surface area contributed by atoms with Crippen molar-refractivity contribution in [2.45, 2.75) is 20.8 Å². The number of carbonyl (C=O) groups is 1. The van der Waals surface area contributed by atoms with Crippen LogP contribution in [0.3, 0.4) is 0 Å². The van der Waals surface area contributed by atoms with Gasteiger partial charge in [-0.1, -0.05) is 0 Å². The smallest absolute Gasteiger partial charge is 0.342 e. The Bertz CT molecular complexity index is 864. The molecule has 3 aromatic rings. The summed E-state index contributed by atoms with van der Waals surface area (Å²) in [4.78, 5) is 16.6. The summed E-state index contributed by atoms with van der Waals surface area (Å²) < 4.78 is 14.0. The monoisotopic (exact) mass is 303 g/mol. The highest BCUT2D eigenvalue weighted by atomic mass is 16.5. The average Bonchev–Trinajstić information content (AvgIpc) is 3.02. The number of hydrogen-bond donors (Lipinski definition) is 0. The van der Waals surface area contributed by atoms with E-state index in [0.717, 1.165) is 5.69 Å². The van der Waals surface area contributed by atoms with Crippen molar-refractivity contribution in [3.05, 3.63) is 17.5 Å². The maximum Gasteiger partial charge on any atom is 0.342 e. The summed E-state index contributed by atoms with van der Waals surface area (Å²) in [5.41, 5.74) is 2.99. The summed E-state index contributed by atoms with van der Waals surface area (Å²) in [5, 5.41) is 8.66. The van der Waals surface area contributed by atoms with Crippen LogP contribution in [0.2, 0.25) is 0 Å². The second kappa shape index (κ2) is 5.28. The van der Waals surface area contributed by atoms with Gasteiger partial charge in [0.05, 0.1) is 25.1 Å². The molecule has 0 radical (unpaired) electrons. The van der Waals surface area contributed by atoms with Crippen LogP contribution in [-0.2, 0) is 11.8 Å². The van der Waals surface area contributed by atoms with Crippen molar-refractivity contribution in [3.63, 3.8) is 0 Å². The van der Waals surface area contributed by atoms with Crippen LogP contribution in [0.4, 0.5) is 0 Å². The van der Waals surface area contributed by atoms with Gasteiger partial charge in [0.15, 0.2) is 5.65 Å². The van der Waals surface area contributed by atoms with E-state index in [1.54, 1.807) is 16.1 Å². The molecular weight excluding hydrogens is 286 g/mol. The molecule has 0 bridgehead atoms. The Labute approximate surface area is 126 Å². The molecule has 8 heteroatoms. The average molecular weight is 303 g/mol. The summed E-state index contributed by atoms with van der Waals surface area (Å²) in [6.45, 7) is 6.21. The lowest BCUT2D eigenvalue weighted by molar-refractivity contribution is 0.0528. The van der Waals surface area contributed by atoms with Crippen molar-refractivity contribution < 1.29 is 14.3 Å². The van der Waals surface area contributed by atoms with E-state index in [2.05, 4.69) is 15.2 Å². The molecule has 0 aromatic carbocycles. The normalized spacial score (nSPS) is 11.3. The first-order valence-electron chi connectivity index (χ1n) is 7.09. The van der Waals surface area contributed by atoms with Crippen molar-refractivity contribution in [1.82, 2.24) is 24.4 Å². The Hall–Kier alpha value is -2.64. The molecule has 0 unspecified atom stereocenters. The van der Waals surface area contributed by atoms with Crippen molar-refractivity contribution in [1.29, 1.82) is 0 Å². The van der Waals surface area contributed by atoms with Gasteiger partial charge in [0.1, 0.15) is 16.6 Å². The van der Waals surface area contributed by atoms with Crippen molar-refractivity contribution in [3.8, 4) is 5.88 Å². The third-order valence-corrected chi connectivity index (χ3v) is 3.32. The van der Waals surface area contributed by atoms with Crippen molar-refractivity contribution in [2.75, 3.05) is 13.2 Å². The first-order chi connectivity index (χ1) is 10.6. The van der Waals surface area contributed by atoms with Gasteiger partial charge in [0, 0.05) is 7.05 Å². The number of hydrogen-bond acceptors (Lipinski definition) is 6. The molecule has 3 aromatic heterocycles. The fourth-order valence-electron chi connectivity index (χ4n) is 2.47. The van der Waals surface area contributed by atoms with Crippen LogP contribution in [-0.4, -0.2) is 43.6 Å². The van der Waals surface area contributed by atoms with Crippen molar-refractivity contribution in [2.24, 2.45) is 7.05 Å². The SMILES string of the molecule is CCOC(=O)c1cnn2c1c(OCC)nc1c(C)nn(C)c12. The topological polar surface area (TPSA) is 83.5 Å². The van der Waals surface area contributed by atoms with E-state index in [-0.39, 0.29) is 0 Å². The minimum atomic E-state index is -0.446. The van der Waals surface area contributed by atoms with Gasteiger partial charge in [-0.15, -0.1) is 0 Å². The van der Waals surface area contributed by atoms with E-state index in [9.17, 15) is 4.79 Å². The summed E-state index contributed by atoms with van der Waals surface area (Å²) in [5.74, 6) is -0.0925. The van der Waals surface area contributed by atoms with E-state index in [1.165, 1.54) is 6.20 Å². The molecule has 0 N–H and O–H groups in total. The van der Waals surface area contributed by atoms with E-state index in [1.807, 2.05) is 20.9 Å². The summed E-state index contributed by atoms with van der Waals surface area (Å²) in [6.07, 6.45) is 1.47. The van der Waals surface area contributed by atoms with Gasteiger partial charge in [-0.3, -0.25) is 0 Å². The molecule has 0 atom stereocenters. The van der Waals surface area contributed by atoms with Crippen LogP contribution in [0.5, 0.6) is 5.88 Å². The second-order valence-corrected chi connectivity index (χ2v) is 4.77. The second-order valence-electron chi connectivity index (χ2n) is 4.77. The van der Waals surface area contributed by atoms with E-state index in [0.29, 0.717) is 41.3 Å². The summed E-state index contributed by atoms with van der Waals surface area (Å²) in [7, 11) is 1.81. The number of aromatic nitrogens is 5. The molecule has 0 amide bonds. The van der Waals surface area contributed by atoms with Gasteiger partial charge >= 0.3 is 5.97 Å². The minimum absolute atomic E-state index is 0.292. The molecule has 0 saturated carbocycles. The number of aryl methyl sites for hydroxylation is 2. The van der Waals surface area contributed by atoms with Crippen molar-refractivity contribution >= 4 is 22.6 Å². The molecule has 0 saturated heterocycles. The van der Waals surface area contributed by atoms with Crippen LogP contribution in [0.1, 0.15) is 29.9 Å². The fraction of sp³-hybridized carbons (Fsp3) is 0.429. The predicted molar refractivity (Wildman–Crippen MR) is 79.1 cm³/mol. The highest BCUT2D eigenvalue weighted by molar-refractivity contribution is 5.99. The lowest BCUT2D eigenvalue weighted by Crippen LogP contribution is -2.07. The molecule has 22 heavy (non-hydrogen) atoms. The Kier molecular flexibility index (Phi) is 3.44. The van der Waals surface area contributed by atoms with Crippen LogP contribution in [0, 0.1) is 6.92 Å². The molecule has 0 aliphatic heterocycles. The van der Waals surface area contributed by atoms with Crippen LogP contribution in [0.15, 0.2) is 6.20 Å². The zero-order valence-electron chi connectivity index (χ0n) is 13.0. The maximum atomic E-state index is 12.1. The zero-order chi connectivity index (χ0) is 15.9. The van der Waals surface area contributed by atoms with Crippen LogP contribution in [0.25, 0.3) is 16.7 Å². The highest BCUT2D eigenvalue weighted by Gasteiger charge is 2.23. The number of ether oxygens (including phenoxy) is 2. The standard InChI is InChI=1S/C14H17N5O3/c1-5-21-12-11-9(14(20)22-6-2)7-15-19(11)13-10(16-12)8(3)17-18(13)4/h7H,5-6H2,1-4H3. The van der Waals surface area contributed by atoms with E-state index < -0.39 is 5.97 Å². The summed E-state index contributed by atoms with van der Waals surface area (Å²) in [6, 6.07) is 0. The minimum Gasteiger partial charge on any atom is -0.476 e. The third-order valence-electron chi connectivity index (χ3n) is 3.32. The van der Waals surface area contributed by atoms with Gasteiger partial charge in [-0.2, -0.15) is 10.2 Å². The fourth-order valence-corrected chi connectivity index (χ4v) is 2.47. The number of rotatable bonds is 4. The first kappa shape index (κ1) is 14.3. The quantitative estimate of drug-likeness (QED) is 0.679. The molecule has 0 fully saturated rings. The highest BCUT2D eigenvalue weighted by Crippen LogP contribution is 2.27. The Morgan fingerprint density at radius 3 is 2.77 bits per heavy atom. The molecular formula is C14H17N5O3. The first-order valence-corrected chi connectivity index (χ1v) is 7.09. The van der Waals surface area contributed by atoms with Gasteiger partial charge in [-0.05, 0) is 20.8 Å². The van der Waals surface area contributed by atoms with Gasteiger partial charge in [0.2, 0.25) is 5.88 Å². The lowest BCUT2D eigenvalue weighted by atomic mass is 10.3. The largest absolute Gasteiger partial charge is 0.476 e.